The molecule has 0 N–H and O–H groups in total. The number of aryl methyl sites for hydroxylation is 1. The van der Waals surface area contributed by atoms with Crippen molar-refractivity contribution in [2.24, 2.45) is 0 Å². The fourth-order valence-corrected chi connectivity index (χ4v) is 3.01. The minimum Gasteiger partial charge on any atom is -0.297 e. The summed E-state index contributed by atoms with van der Waals surface area (Å²) in [4.78, 5) is 8.37. The first-order valence-electron chi connectivity index (χ1n) is 7.10. The maximum absolute atomic E-state index is 4.58. The largest absolute Gasteiger partial charge is 0.297 e. The average Bonchev–Trinajstić information content (AvgIpc) is 2.47. The molecule has 0 bridgehead atoms. The van der Waals surface area contributed by atoms with Crippen molar-refractivity contribution < 1.29 is 0 Å². The van der Waals surface area contributed by atoms with Crippen molar-refractivity contribution in [2.45, 2.75) is 25.3 Å². The molecule has 0 fully saturated rings. The minimum atomic E-state index is 0.938. The van der Waals surface area contributed by atoms with E-state index >= 15 is 0 Å². The van der Waals surface area contributed by atoms with Crippen LogP contribution in [0.15, 0.2) is 53.4 Å². The highest BCUT2D eigenvalue weighted by atomic mass is 32.2. The van der Waals surface area contributed by atoms with E-state index < -0.39 is 0 Å². The second kappa shape index (κ2) is 8.08. The third-order valence-corrected chi connectivity index (χ3v) is 4.19. The van der Waals surface area contributed by atoms with Crippen molar-refractivity contribution in [3.8, 4) is 0 Å². The van der Waals surface area contributed by atoms with Gasteiger partial charge in [-0.15, -0.1) is 11.8 Å². The van der Waals surface area contributed by atoms with E-state index in [9.17, 15) is 0 Å². The molecule has 0 amide bonds. The molecule has 0 aliphatic carbocycles. The van der Waals surface area contributed by atoms with Crippen LogP contribution >= 0.6 is 11.8 Å². The fourth-order valence-electron chi connectivity index (χ4n) is 2.07. The predicted molar refractivity (Wildman–Crippen MR) is 87.1 cm³/mol. The van der Waals surface area contributed by atoms with Gasteiger partial charge in [0.15, 0.2) is 0 Å². The van der Waals surface area contributed by atoms with Crippen molar-refractivity contribution in [1.82, 2.24) is 9.88 Å². The molecular formula is C17H22N2S. The van der Waals surface area contributed by atoms with E-state index in [4.69, 9.17) is 0 Å². The first-order chi connectivity index (χ1) is 9.78. The number of rotatable bonds is 7. The molecule has 2 nitrogen and oxygen atoms in total. The van der Waals surface area contributed by atoms with Crippen molar-refractivity contribution in [1.29, 1.82) is 0 Å². The Kier molecular flexibility index (Phi) is 6.09. The molecule has 106 valence electrons. The zero-order valence-electron chi connectivity index (χ0n) is 12.2. The Balaban J connectivity index is 1.80. The van der Waals surface area contributed by atoms with Gasteiger partial charge in [0.25, 0.3) is 0 Å². The summed E-state index contributed by atoms with van der Waals surface area (Å²) >= 11 is 1.92. The fraction of sp³-hybridized carbons (Fsp3) is 0.353. The molecule has 0 spiro atoms. The number of pyridine rings is 1. The number of hydrogen-bond donors (Lipinski definition) is 0. The third-order valence-electron chi connectivity index (χ3n) is 3.20. The SMILES string of the molecule is CCN(CCSc1ccccc1)Cc1cccc(C)n1. The summed E-state index contributed by atoms with van der Waals surface area (Å²) in [5.41, 5.74) is 2.26. The van der Waals surface area contributed by atoms with Crippen molar-refractivity contribution in [3.63, 3.8) is 0 Å². The second-order valence-corrected chi connectivity index (χ2v) is 5.97. The smallest absolute Gasteiger partial charge is 0.0547 e. The lowest BCUT2D eigenvalue weighted by Gasteiger charge is -2.19. The zero-order valence-corrected chi connectivity index (χ0v) is 13.1. The molecule has 3 heteroatoms. The highest BCUT2D eigenvalue weighted by Gasteiger charge is 2.05. The first-order valence-corrected chi connectivity index (χ1v) is 8.09. The van der Waals surface area contributed by atoms with Gasteiger partial charge in [0, 0.05) is 29.4 Å². The third kappa shape index (κ3) is 4.99. The van der Waals surface area contributed by atoms with E-state index in [0.717, 1.165) is 36.8 Å². The van der Waals surface area contributed by atoms with E-state index in [0.29, 0.717) is 0 Å². The summed E-state index contributed by atoms with van der Waals surface area (Å²) in [7, 11) is 0. The summed E-state index contributed by atoms with van der Waals surface area (Å²) in [6.45, 7) is 7.35. The van der Waals surface area contributed by atoms with Gasteiger partial charge in [-0.1, -0.05) is 31.2 Å². The summed E-state index contributed by atoms with van der Waals surface area (Å²) in [6.07, 6.45) is 0. The second-order valence-electron chi connectivity index (χ2n) is 4.80. The van der Waals surface area contributed by atoms with Crippen LogP contribution in [0.4, 0.5) is 0 Å². The zero-order chi connectivity index (χ0) is 14.2. The Morgan fingerprint density at radius 3 is 2.55 bits per heavy atom. The molecule has 0 saturated carbocycles. The van der Waals surface area contributed by atoms with Gasteiger partial charge in [0.1, 0.15) is 0 Å². The molecule has 0 unspecified atom stereocenters. The van der Waals surface area contributed by atoms with Crippen LogP contribution < -0.4 is 0 Å². The van der Waals surface area contributed by atoms with Crippen LogP contribution in [0.3, 0.4) is 0 Å². The lowest BCUT2D eigenvalue weighted by atomic mass is 10.3. The number of nitrogens with zero attached hydrogens (tertiary/aromatic N) is 2. The minimum absolute atomic E-state index is 0.938. The lowest BCUT2D eigenvalue weighted by Crippen LogP contribution is -2.25. The van der Waals surface area contributed by atoms with Crippen LogP contribution in [-0.4, -0.2) is 28.7 Å². The first kappa shape index (κ1) is 15.1. The molecule has 1 heterocycles. The normalized spacial score (nSPS) is 10.9. The van der Waals surface area contributed by atoms with Gasteiger partial charge in [0.2, 0.25) is 0 Å². The summed E-state index contributed by atoms with van der Waals surface area (Å²) in [5.74, 6) is 1.11. The molecule has 20 heavy (non-hydrogen) atoms. The summed E-state index contributed by atoms with van der Waals surface area (Å²) < 4.78 is 0. The topological polar surface area (TPSA) is 16.1 Å². The van der Waals surface area contributed by atoms with Crippen LogP contribution in [0.2, 0.25) is 0 Å². The molecule has 2 aromatic rings. The molecule has 0 aliphatic heterocycles. The molecular weight excluding hydrogens is 264 g/mol. The Hall–Kier alpha value is -1.32. The van der Waals surface area contributed by atoms with Crippen LogP contribution in [0.25, 0.3) is 0 Å². The van der Waals surface area contributed by atoms with Gasteiger partial charge in [-0.2, -0.15) is 0 Å². The van der Waals surface area contributed by atoms with Gasteiger partial charge >= 0.3 is 0 Å². The monoisotopic (exact) mass is 286 g/mol. The van der Waals surface area contributed by atoms with E-state index in [1.807, 2.05) is 24.8 Å². The Labute approximate surface area is 126 Å². The Morgan fingerprint density at radius 1 is 1.05 bits per heavy atom. The molecule has 0 aliphatic rings. The molecule has 1 aromatic carbocycles. The molecule has 2 rings (SSSR count). The van der Waals surface area contributed by atoms with Crippen LogP contribution in [0.1, 0.15) is 18.3 Å². The summed E-state index contributed by atoms with van der Waals surface area (Å²) in [5, 5.41) is 0. The number of hydrogen-bond acceptors (Lipinski definition) is 3. The van der Waals surface area contributed by atoms with Crippen molar-refractivity contribution >= 4 is 11.8 Å². The van der Waals surface area contributed by atoms with Crippen LogP contribution in [-0.2, 0) is 6.54 Å². The number of benzene rings is 1. The van der Waals surface area contributed by atoms with E-state index in [-0.39, 0.29) is 0 Å². The van der Waals surface area contributed by atoms with Gasteiger partial charge in [-0.25, -0.2) is 0 Å². The maximum atomic E-state index is 4.58. The number of thioether (sulfide) groups is 1. The summed E-state index contributed by atoms with van der Waals surface area (Å²) in [6, 6.07) is 16.8. The van der Waals surface area contributed by atoms with Crippen molar-refractivity contribution in [2.75, 3.05) is 18.8 Å². The average molecular weight is 286 g/mol. The molecule has 0 atom stereocenters. The highest BCUT2D eigenvalue weighted by molar-refractivity contribution is 7.99. The van der Waals surface area contributed by atoms with Crippen LogP contribution in [0.5, 0.6) is 0 Å². The van der Waals surface area contributed by atoms with E-state index in [1.54, 1.807) is 0 Å². The standard InChI is InChI=1S/C17H22N2S/c1-3-19(14-16-9-7-8-15(2)18-16)12-13-20-17-10-5-4-6-11-17/h4-11H,3,12-14H2,1-2H3. The highest BCUT2D eigenvalue weighted by Crippen LogP contribution is 2.17. The van der Waals surface area contributed by atoms with Crippen LogP contribution in [0, 0.1) is 6.92 Å². The van der Waals surface area contributed by atoms with Gasteiger partial charge in [-0.3, -0.25) is 9.88 Å². The molecule has 0 radical (unpaired) electrons. The number of aromatic nitrogens is 1. The quantitative estimate of drug-likeness (QED) is 0.716. The Bertz CT molecular complexity index is 513. The van der Waals surface area contributed by atoms with Gasteiger partial charge < -0.3 is 0 Å². The van der Waals surface area contributed by atoms with Gasteiger partial charge in [-0.05, 0) is 37.7 Å². The van der Waals surface area contributed by atoms with E-state index in [1.165, 1.54) is 4.90 Å². The van der Waals surface area contributed by atoms with E-state index in [2.05, 4.69) is 59.3 Å². The Morgan fingerprint density at radius 2 is 1.85 bits per heavy atom. The van der Waals surface area contributed by atoms with Gasteiger partial charge in [0.05, 0.1) is 5.69 Å². The predicted octanol–water partition coefficient (Wildman–Crippen LogP) is 4.00. The molecule has 1 aromatic heterocycles. The lowest BCUT2D eigenvalue weighted by molar-refractivity contribution is 0.294. The van der Waals surface area contributed by atoms with Crippen molar-refractivity contribution in [3.05, 3.63) is 59.9 Å². The maximum Gasteiger partial charge on any atom is 0.0547 e. The molecule has 0 saturated heterocycles.